The zero-order valence-electron chi connectivity index (χ0n) is 10.8. The first kappa shape index (κ1) is 12.8. The fourth-order valence-corrected chi connectivity index (χ4v) is 2.99. The second-order valence-corrected chi connectivity index (χ2v) is 6.06. The van der Waals surface area contributed by atoms with Gasteiger partial charge in [-0.25, -0.2) is 4.98 Å². The third-order valence-corrected chi connectivity index (χ3v) is 3.63. The third kappa shape index (κ3) is 2.80. The summed E-state index contributed by atoms with van der Waals surface area (Å²) >= 11 is 6.29. The largest absolute Gasteiger partial charge is 0.381 e. The molecule has 1 aliphatic heterocycles. The molecule has 0 radical (unpaired) electrons. The fourth-order valence-electron chi connectivity index (χ4n) is 2.54. The van der Waals surface area contributed by atoms with Crippen LogP contribution in [-0.2, 0) is 10.2 Å². The van der Waals surface area contributed by atoms with E-state index in [-0.39, 0.29) is 5.41 Å². The van der Waals surface area contributed by atoms with Crippen LogP contribution in [0.3, 0.4) is 0 Å². The van der Waals surface area contributed by atoms with Crippen molar-refractivity contribution in [2.24, 2.45) is 0 Å². The van der Waals surface area contributed by atoms with Crippen molar-refractivity contribution in [3.63, 3.8) is 0 Å². The Bertz CT molecular complexity index is 392. The highest BCUT2D eigenvalue weighted by atomic mass is 35.5. The summed E-state index contributed by atoms with van der Waals surface area (Å²) in [6, 6.07) is 2.13. The highest BCUT2D eigenvalue weighted by molar-refractivity contribution is 6.30. The molecule has 17 heavy (non-hydrogen) atoms. The Labute approximate surface area is 108 Å². The van der Waals surface area contributed by atoms with Crippen LogP contribution in [0.5, 0.6) is 0 Å². The summed E-state index contributed by atoms with van der Waals surface area (Å²) in [7, 11) is 0. The molecule has 0 saturated carbocycles. The number of rotatable bonds is 1. The molecular formula is C14H20ClNO. The van der Waals surface area contributed by atoms with Crippen LogP contribution in [0.2, 0.25) is 5.15 Å². The lowest BCUT2D eigenvalue weighted by atomic mass is 9.79. The minimum Gasteiger partial charge on any atom is -0.381 e. The van der Waals surface area contributed by atoms with Crippen molar-refractivity contribution in [3.8, 4) is 0 Å². The third-order valence-electron chi connectivity index (χ3n) is 3.35. The molecule has 0 aromatic carbocycles. The Morgan fingerprint density at radius 1 is 1.29 bits per heavy atom. The van der Waals surface area contributed by atoms with Gasteiger partial charge in [0.2, 0.25) is 0 Å². The van der Waals surface area contributed by atoms with E-state index in [9.17, 15) is 0 Å². The van der Waals surface area contributed by atoms with Crippen LogP contribution in [0.4, 0.5) is 0 Å². The monoisotopic (exact) mass is 253 g/mol. The summed E-state index contributed by atoms with van der Waals surface area (Å²) < 4.78 is 5.43. The van der Waals surface area contributed by atoms with Gasteiger partial charge in [0.05, 0.1) is 0 Å². The van der Waals surface area contributed by atoms with E-state index in [2.05, 4.69) is 31.8 Å². The van der Waals surface area contributed by atoms with Crippen molar-refractivity contribution < 1.29 is 4.74 Å². The summed E-state index contributed by atoms with van der Waals surface area (Å²) in [5.41, 5.74) is 2.60. The predicted octanol–water partition coefficient (Wildman–Crippen LogP) is 3.93. The van der Waals surface area contributed by atoms with E-state index in [1.807, 2.05) is 6.20 Å². The van der Waals surface area contributed by atoms with Gasteiger partial charge >= 0.3 is 0 Å². The number of nitrogens with zero attached hydrogens (tertiary/aromatic N) is 1. The van der Waals surface area contributed by atoms with Crippen LogP contribution >= 0.6 is 11.6 Å². The summed E-state index contributed by atoms with van der Waals surface area (Å²) in [5, 5.41) is 0.654. The Hall–Kier alpha value is -0.600. The molecule has 1 saturated heterocycles. The zero-order valence-corrected chi connectivity index (χ0v) is 11.5. The SMILES string of the molecule is CC(C)(C)c1c(C2CCOCC2)ccnc1Cl. The Morgan fingerprint density at radius 2 is 1.94 bits per heavy atom. The minimum atomic E-state index is 0.0407. The van der Waals surface area contributed by atoms with Gasteiger partial charge < -0.3 is 4.74 Å². The zero-order chi connectivity index (χ0) is 12.5. The van der Waals surface area contributed by atoms with Gasteiger partial charge in [0, 0.05) is 19.4 Å². The lowest BCUT2D eigenvalue weighted by Gasteiger charge is -2.30. The summed E-state index contributed by atoms with van der Waals surface area (Å²) in [6.45, 7) is 8.29. The van der Waals surface area contributed by atoms with E-state index in [1.54, 1.807) is 0 Å². The first-order valence-electron chi connectivity index (χ1n) is 6.23. The topological polar surface area (TPSA) is 22.1 Å². The van der Waals surface area contributed by atoms with E-state index in [4.69, 9.17) is 16.3 Å². The average molecular weight is 254 g/mol. The van der Waals surface area contributed by atoms with Gasteiger partial charge in [-0.3, -0.25) is 0 Å². The van der Waals surface area contributed by atoms with E-state index in [1.165, 1.54) is 11.1 Å². The van der Waals surface area contributed by atoms with Gasteiger partial charge in [0.25, 0.3) is 0 Å². The summed E-state index contributed by atoms with van der Waals surface area (Å²) in [4.78, 5) is 4.24. The van der Waals surface area contributed by atoms with Crippen LogP contribution in [-0.4, -0.2) is 18.2 Å². The van der Waals surface area contributed by atoms with Gasteiger partial charge in [-0.1, -0.05) is 32.4 Å². The van der Waals surface area contributed by atoms with E-state index in [0.717, 1.165) is 26.1 Å². The second kappa shape index (κ2) is 4.95. The molecule has 0 amide bonds. The molecule has 94 valence electrons. The molecule has 0 spiro atoms. The number of hydrogen-bond donors (Lipinski definition) is 0. The van der Waals surface area contributed by atoms with Crippen molar-refractivity contribution in [1.82, 2.24) is 4.98 Å². The van der Waals surface area contributed by atoms with Crippen LogP contribution in [0, 0.1) is 0 Å². The van der Waals surface area contributed by atoms with E-state index in [0.29, 0.717) is 11.1 Å². The van der Waals surface area contributed by atoms with Crippen LogP contribution < -0.4 is 0 Å². The molecule has 0 N–H and O–H groups in total. The van der Waals surface area contributed by atoms with Crippen molar-refractivity contribution in [1.29, 1.82) is 0 Å². The molecule has 1 aliphatic rings. The highest BCUT2D eigenvalue weighted by Crippen LogP contribution is 2.38. The molecule has 0 unspecified atom stereocenters. The summed E-state index contributed by atoms with van der Waals surface area (Å²) in [5.74, 6) is 0.568. The molecular weight excluding hydrogens is 234 g/mol. The van der Waals surface area contributed by atoms with Crippen LogP contribution in [0.1, 0.15) is 50.7 Å². The molecule has 1 aromatic rings. The maximum atomic E-state index is 6.29. The van der Waals surface area contributed by atoms with Gasteiger partial charge in [-0.2, -0.15) is 0 Å². The first-order chi connectivity index (χ1) is 8.00. The Balaban J connectivity index is 2.42. The van der Waals surface area contributed by atoms with E-state index >= 15 is 0 Å². The minimum absolute atomic E-state index is 0.0407. The van der Waals surface area contributed by atoms with Gasteiger partial charge in [-0.15, -0.1) is 0 Å². The lowest BCUT2D eigenvalue weighted by Crippen LogP contribution is -2.21. The standard InChI is InChI=1S/C14H20ClNO/c1-14(2,3)12-11(4-7-16-13(12)15)10-5-8-17-9-6-10/h4,7,10H,5-6,8-9H2,1-3H3. The Kier molecular flexibility index (Phi) is 3.74. The number of aromatic nitrogens is 1. The molecule has 2 heterocycles. The van der Waals surface area contributed by atoms with Gasteiger partial charge in [0.15, 0.2) is 0 Å². The fraction of sp³-hybridized carbons (Fsp3) is 0.643. The second-order valence-electron chi connectivity index (χ2n) is 5.70. The predicted molar refractivity (Wildman–Crippen MR) is 70.7 cm³/mol. The van der Waals surface area contributed by atoms with Gasteiger partial charge in [0.1, 0.15) is 5.15 Å². The maximum absolute atomic E-state index is 6.29. The molecule has 2 rings (SSSR count). The number of ether oxygens (including phenoxy) is 1. The number of pyridine rings is 1. The lowest BCUT2D eigenvalue weighted by molar-refractivity contribution is 0.0849. The first-order valence-corrected chi connectivity index (χ1v) is 6.60. The van der Waals surface area contributed by atoms with Crippen LogP contribution in [0.15, 0.2) is 12.3 Å². The molecule has 0 atom stereocenters. The quantitative estimate of drug-likeness (QED) is 0.708. The normalized spacial score (nSPS) is 18.4. The molecule has 1 fully saturated rings. The average Bonchev–Trinajstić information content (AvgIpc) is 2.28. The summed E-state index contributed by atoms with van der Waals surface area (Å²) in [6.07, 6.45) is 4.00. The maximum Gasteiger partial charge on any atom is 0.133 e. The molecule has 0 aliphatic carbocycles. The highest BCUT2D eigenvalue weighted by Gasteiger charge is 2.27. The van der Waals surface area contributed by atoms with E-state index < -0.39 is 0 Å². The number of halogens is 1. The van der Waals surface area contributed by atoms with Gasteiger partial charge in [-0.05, 0) is 41.4 Å². The Morgan fingerprint density at radius 3 is 2.53 bits per heavy atom. The van der Waals surface area contributed by atoms with Crippen molar-refractivity contribution in [2.45, 2.75) is 44.9 Å². The number of hydrogen-bond acceptors (Lipinski definition) is 2. The smallest absolute Gasteiger partial charge is 0.133 e. The van der Waals surface area contributed by atoms with Crippen LogP contribution in [0.25, 0.3) is 0 Å². The van der Waals surface area contributed by atoms with Crippen molar-refractivity contribution >= 4 is 11.6 Å². The molecule has 2 nitrogen and oxygen atoms in total. The molecule has 3 heteroatoms. The molecule has 1 aromatic heterocycles. The van der Waals surface area contributed by atoms with Crippen molar-refractivity contribution in [3.05, 3.63) is 28.5 Å². The molecule has 0 bridgehead atoms. The van der Waals surface area contributed by atoms with Crippen molar-refractivity contribution in [2.75, 3.05) is 13.2 Å².